The van der Waals surface area contributed by atoms with Crippen LogP contribution in [0.3, 0.4) is 0 Å². The van der Waals surface area contributed by atoms with Gasteiger partial charge in [-0.3, -0.25) is 19.6 Å². The van der Waals surface area contributed by atoms with E-state index in [0.717, 1.165) is 64.5 Å². The molecule has 1 unspecified atom stereocenters. The average molecular weight is 520 g/mol. The van der Waals surface area contributed by atoms with Crippen LogP contribution in [0, 0.1) is 0 Å². The van der Waals surface area contributed by atoms with Crippen LogP contribution >= 0.6 is 11.8 Å². The lowest BCUT2D eigenvalue weighted by Gasteiger charge is -2.33. The van der Waals surface area contributed by atoms with Gasteiger partial charge in [-0.15, -0.1) is 11.8 Å². The van der Waals surface area contributed by atoms with Crippen molar-refractivity contribution in [3.63, 3.8) is 0 Å². The molecular weight excluding hydrogens is 490 g/mol. The first-order valence-electron chi connectivity index (χ1n) is 12.5. The minimum Gasteiger partial charge on any atom is -0.497 e. The standard InChI is InChI=1S/C27H29N5O4S/c1-35-19-3-4-22-21(13-19)23(6-9-28-22)29-17-7-10-31(11-8-17)14-20-15-32(27(34)36-20)18-2-5-25-24(12-18)30-26(33)16-37-25/h2-6,9,12-13,17,20H,7-8,10-11,14-16H2,1H3,(H,28,29)(H,30,33). The highest BCUT2D eigenvalue weighted by molar-refractivity contribution is 8.00. The Morgan fingerprint density at radius 3 is 2.86 bits per heavy atom. The van der Waals surface area contributed by atoms with E-state index in [1.807, 2.05) is 48.7 Å². The zero-order chi connectivity index (χ0) is 25.4. The van der Waals surface area contributed by atoms with Crippen LogP contribution in [-0.2, 0) is 9.53 Å². The van der Waals surface area contributed by atoms with Gasteiger partial charge in [0, 0.05) is 53.5 Å². The van der Waals surface area contributed by atoms with E-state index in [4.69, 9.17) is 9.47 Å². The Morgan fingerprint density at radius 2 is 2.03 bits per heavy atom. The van der Waals surface area contributed by atoms with E-state index >= 15 is 0 Å². The van der Waals surface area contributed by atoms with E-state index in [-0.39, 0.29) is 18.1 Å². The molecule has 2 N–H and O–H groups in total. The Labute approximate surface area is 219 Å². The van der Waals surface area contributed by atoms with Gasteiger partial charge in [0.1, 0.15) is 11.9 Å². The molecule has 1 aromatic heterocycles. The number of anilines is 3. The maximum Gasteiger partial charge on any atom is 0.414 e. The van der Waals surface area contributed by atoms with E-state index in [2.05, 4.69) is 20.5 Å². The number of nitrogens with zero attached hydrogens (tertiary/aromatic N) is 3. The third-order valence-corrected chi connectivity index (χ3v) is 8.21. The van der Waals surface area contributed by atoms with Crippen LogP contribution in [-0.4, -0.2) is 73.1 Å². The summed E-state index contributed by atoms with van der Waals surface area (Å²) in [5.74, 6) is 1.21. The predicted octanol–water partition coefficient (Wildman–Crippen LogP) is 4.19. The highest BCUT2D eigenvalue weighted by atomic mass is 32.2. The molecule has 0 saturated carbocycles. The van der Waals surface area contributed by atoms with E-state index in [1.54, 1.807) is 12.0 Å². The topological polar surface area (TPSA) is 96.0 Å². The van der Waals surface area contributed by atoms with Gasteiger partial charge >= 0.3 is 6.09 Å². The minimum atomic E-state index is -0.337. The molecule has 1 atom stereocenters. The molecule has 9 nitrogen and oxygen atoms in total. The van der Waals surface area contributed by atoms with Crippen LogP contribution in [0.4, 0.5) is 21.9 Å². The summed E-state index contributed by atoms with van der Waals surface area (Å²) in [4.78, 5) is 33.9. The molecule has 0 aliphatic carbocycles. The number of carbonyl (C=O) groups is 2. The number of likely N-dealkylation sites (tertiary alicyclic amines) is 1. The van der Waals surface area contributed by atoms with Crippen molar-refractivity contribution in [1.29, 1.82) is 0 Å². The number of rotatable bonds is 6. The van der Waals surface area contributed by atoms with Crippen LogP contribution in [0.5, 0.6) is 5.75 Å². The monoisotopic (exact) mass is 519 g/mol. The second-order valence-electron chi connectivity index (χ2n) is 9.59. The summed E-state index contributed by atoms with van der Waals surface area (Å²) in [7, 11) is 1.67. The van der Waals surface area contributed by atoms with Crippen molar-refractivity contribution in [2.24, 2.45) is 0 Å². The SMILES string of the molecule is COc1ccc2nccc(NC3CCN(CC4CN(c5ccc6c(c5)NC(=O)CS6)C(=O)O4)CC3)c2c1. The Bertz CT molecular complexity index is 1340. The lowest BCUT2D eigenvalue weighted by Crippen LogP contribution is -2.43. The first kappa shape index (κ1) is 23.9. The molecule has 2 amide bonds. The van der Waals surface area contributed by atoms with Gasteiger partial charge in [-0.25, -0.2) is 4.79 Å². The van der Waals surface area contributed by atoms with Gasteiger partial charge in [0.2, 0.25) is 5.91 Å². The van der Waals surface area contributed by atoms with Crippen molar-refractivity contribution >= 4 is 51.7 Å². The van der Waals surface area contributed by atoms with E-state index in [1.165, 1.54) is 11.8 Å². The molecule has 0 bridgehead atoms. The van der Waals surface area contributed by atoms with E-state index < -0.39 is 0 Å². The van der Waals surface area contributed by atoms with Crippen LogP contribution in [0.25, 0.3) is 10.9 Å². The molecular formula is C27H29N5O4S. The highest BCUT2D eigenvalue weighted by Gasteiger charge is 2.35. The highest BCUT2D eigenvalue weighted by Crippen LogP contribution is 2.35. The zero-order valence-corrected chi connectivity index (χ0v) is 21.4. The number of hydrogen-bond acceptors (Lipinski definition) is 8. The van der Waals surface area contributed by atoms with Crippen molar-refractivity contribution < 1.29 is 19.1 Å². The summed E-state index contributed by atoms with van der Waals surface area (Å²) < 4.78 is 11.1. The smallest absolute Gasteiger partial charge is 0.414 e. The second-order valence-corrected chi connectivity index (χ2v) is 10.6. The van der Waals surface area contributed by atoms with E-state index in [0.29, 0.717) is 24.9 Å². The van der Waals surface area contributed by atoms with Gasteiger partial charge in [-0.05, 0) is 55.3 Å². The first-order valence-corrected chi connectivity index (χ1v) is 13.5. The van der Waals surface area contributed by atoms with E-state index in [9.17, 15) is 9.59 Å². The quantitative estimate of drug-likeness (QED) is 0.501. The first-order chi connectivity index (χ1) is 18.1. The molecule has 6 rings (SSSR count). The van der Waals surface area contributed by atoms with Crippen molar-refractivity contribution in [3.05, 3.63) is 48.7 Å². The lowest BCUT2D eigenvalue weighted by atomic mass is 10.0. The third kappa shape index (κ3) is 5.03. The van der Waals surface area contributed by atoms with Crippen molar-refractivity contribution in [1.82, 2.24) is 9.88 Å². The number of thioether (sulfide) groups is 1. The van der Waals surface area contributed by atoms with Crippen molar-refractivity contribution in [2.75, 3.05) is 54.6 Å². The summed E-state index contributed by atoms with van der Waals surface area (Å²) in [5.41, 5.74) is 3.52. The van der Waals surface area contributed by atoms with Gasteiger partial charge in [-0.2, -0.15) is 0 Å². The Balaban J connectivity index is 1.04. The number of nitrogens with one attached hydrogen (secondary N) is 2. The summed E-state index contributed by atoms with van der Waals surface area (Å²) in [6, 6.07) is 14.0. The number of benzene rings is 2. The number of cyclic esters (lactones) is 1. The number of methoxy groups -OCH3 is 1. The summed E-state index contributed by atoms with van der Waals surface area (Å²) in [5, 5.41) is 7.65. The molecule has 10 heteroatoms. The number of piperidine rings is 1. The fraction of sp³-hybridized carbons (Fsp3) is 0.370. The van der Waals surface area contributed by atoms with Crippen LogP contribution in [0.2, 0.25) is 0 Å². The molecule has 3 aliphatic rings. The number of carbonyl (C=O) groups excluding carboxylic acids is 2. The molecule has 37 heavy (non-hydrogen) atoms. The normalized spacial score (nSPS) is 20.5. The largest absolute Gasteiger partial charge is 0.497 e. The fourth-order valence-electron chi connectivity index (χ4n) is 5.21. The summed E-state index contributed by atoms with van der Waals surface area (Å²) in [6.07, 6.45) is 3.31. The van der Waals surface area contributed by atoms with Crippen molar-refractivity contribution in [2.45, 2.75) is 29.9 Å². The van der Waals surface area contributed by atoms with Gasteiger partial charge in [0.05, 0.1) is 30.6 Å². The van der Waals surface area contributed by atoms with Crippen LogP contribution in [0.1, 0.15) is 12.8 Å². The Morgan fingerprint density at radius 1 is 1.16 bits per heavy atom. The van der Waals surface area contributed by atoms with Gasteiger partial charge in [0.15, 0.2) is 0 Å². The minimum absolute atomic E-state index is 0.0220. The van der Waals surface area contributed by atoms with Gasteiger partial charge in [-0.1, -0.05) is 0 Å². The summed E-state index contributed by atoms with van der Waals surface area (Å²) in [6.45, 7) is 3.07. The van der Waals surface area contributed by atoms with Crippen LogP contribution < -0.4 is 20.3 Å². The fourth-order valence-corrected chi connectivity index (χ4v) is 6.00. The van der Waals surface area contributed by atoms with Gasteiger partial charge in [0.25, 0.3) is 0 Å². The third-order valence-electron chi connectivity index (χ3n) is 7.14. The number of ether oxygens (including phenoxy) is 2. The maximum atomic E-state index is 12.6. The Hall–Kier alpha value is -3.50. The zero-order valence-electron chi connectivity index (χ0n) is 20.6. The molecule has 192 valence electrons. The average Bonchev–Trinajstić information content (AvgIpc) is 3.29. The second kappa shape index (κ2) is 10.1. The predicted molar refractivity (Wildman–Crippen MR) is 145 cm³/mol. The van der Waals surface area contributed by atoms with Crippen LogP contribution in [0.15, 0.2) is 53.6 Å². The van der Waals surface area contributed by atoms with Crippen molar-refractivity contribution in [3.8, 4) is 5.75 Å². The molecule has 3 aromatic rings. The lowest BCUT2D eigenvalue weighted by molar-refractivity contribution is -0.113. The molecule has 2 fully saturated rings. The molecule has 3 aliphatic heterocycles. The Kier molecular flexibility index (Phi) is 6.52. The number of hydrogen-bond donors (Lipinski definition) is 2. The maximum absolute atomic E-state index is 12.6. The summed E-state index contributed by atoms with van der Waals surface area (Å²) >= 11 is 1.51. The molecule has 2 aromatic carbocycles. The number of amides is 2. The number of fused-ring (bicyclic) bond motifs is 2. The molecule has 4 heterocycles. The number of pyridine rings is 1. The molecule has 0 spiro atoms. The van der Waals surface area contributed by atoms with Gasteiger partial charge < -0.3 is 20.1 Å². The number of aromatic nitrogens is 1. The molecule has 0 radical (unpaired) electrons. The molecule has 2 saturated heterocycles.